The molecule has 7 heteroatoms. The van der Waals surface area contributed by atoms with Crippen molar-refractivity contribution in [2.45, 2.75) is 25.9 Å². The third kappa shape index (κ3) is 3.91. The summed E-state index contributed by atoms with van der Waals surface area (Å²) >= 11 is 0. The van der Waals surface area contributed by atoms with Crippen molar-refractivity contribution >= 4 is 17.7 Å². The molecule has 0 spiro atoms. The molecule has 1 N–H and O–H groups in total. The van der Waals surface area contributed by atoms with E-state index in [1.165, 1.54) is 12.0 Å². The molecule has 0 saturated heterocycles. The van der Waals surface area contributed by atoms with E-state index in [9.17, 15) is 19.5 Å². The standard InChI is InChI=1S/C23H23NO6/c1-4-18(25)19-20(15-9-11-17(29-2)12-10-15)24(22(27)21(19)26)13-14-5-7-16(8-6-14)23(28)30-3/h5-12,20,26H,4,13H2,1-3H3. The van der Waals surface area contributed by atoms with E-state index in [-0.39, 0.29) is 24.3 Å². The van der Waals surface area contributed by atoms with E-state index in [0.29, 0.717) is 16.9 Å². The molecule has 156 valence electrons. The van der Waals surface area contributed by atoms with Gasteiger partial charge >= 0.3 is 5.97 Å². The van der Waals surface area contributed by atoms with Crippen LogP contribution in [-0.4, -0.2) is 41.9 Å². The first kappa shape index (κ1) is 21.1. The highest BCUT2D eigenvalue weighted by Crippen LogP contribution is 2.39. The van der Waals surface area contributed by atoms with Crippen LogP contribution in [0.3, 0.4) is 0 Å². The maximum absolute atomic E-state index is 12.8. The lowest BCUT2D eigenvalue weighted by Gasteiger charge is -2.27. The van der Waals surface area contributed by atoms with Crippen LogP contribution in [0.4, 0.5) is 0 Å². The summed E-state index contributed by atoms with van der Waals surface area (Å²) in [7, 11) is 2.86. The number of aliphatic hydroxyl groups is 1. The summed E-state index contributed by atoms with van der Waals surface area (Å²) in [4.78, 5) is 38.5. The Kier molecular flexibility index (Phi) is 6.20. The van der Waals surface area contributed by atoms with Gasteiger partial charge in [-0.3, -0.25) is 9.59 Å². The Morgan fingerprint density at radius 3 is 2.20 bits per heavy atom. The number of carbonyl (C=O) groups excluding carboxylic acids is 3. The molecule has 0 fully saturated rings. The molecule has 0 saturated carbocycles. The van der Waals surface area contributed by atoms with Crippen LogP contribution in [0.2, 0.25) is 0 Å². The van der Waals surface area contributed by atoms with E-state index in [2.05, 4.69) is 0 Å². The number of hydrogen-bond donors (Lipinski definition) is 1. The van der Waals surface area contributed by atoms with Gasteiger partial charge in [0, 0.05) is 13.0 Å². The second-order valence-corrected chi connectivity index (χ2v) is 6.84. The number of benzene rings is 2. The van der Waals surface area contributed by atoms with Gasteiger partial charge in [0.1, 0.15) is 5.75 Å². The summed E-state index contributed by atoms with van der Waals surface area (Å²) in [6.07, 6.45) is 0.168. The fourth-order valence-corrected chi connectivity index (χ4v) is 3.49. The second kappa shape index (κ2) is 8.82. The van der Waals surface area contributed by atoms with Gasteiger partial charge in [-0.1, -0.05) is 31.2 Å². The normalized spacial score (nSPS) is 16.0. The van der Waals surface area contributed by atoms with Crippen molar-refractivity contribution in [3.05, 3.63) is 76.6 Å². The van der Waals surface area contributed by atoms with Gasteiger partial charge in [0.2, 0.25) is 0 Å². The highest BCUT2D eigenvalue weighted by molar-refractivity contribution is 6.08. The minimum atomic E-state index is -0.712. The molecular formula is C23H23NO6. The number of nitrogens with zero attached hydrogens (tertiary/aromatic N) is 1. The lowest BCUT2D eigenvalue weighted by Crippen LogP contribution is -2.30. The van der Waals surface area contributed by atoms with Gasteiger partial charge in [-0.25, -0.2) is 4.79 Å². The zero-order chi connectivity index (χ0) is 21.8. The molecule has 7 nitrogen and oxygen atoms in total. The Bertz CT molecular complexity index is 991. The van der Waals surface area contributed by atoms with E-state index in [4.69, 9.17) is 9.47 Å². The van der Waals surface area contributed by atoms with Crippen molar-refractivity contribution in [2.24, 2.45) is 0 Å². The largest absolute Gasteiger partial charge is 0.503 e. The Hall–Kier alpha value is -3.61. The van der Waals surface area contributed by atoms with Crippen molar-refractivity contribution in [2.75, 3.05) is 14.2 Å². The van der Waals surface area contributed by atoms with Crippen LogP contribution < -0.4 is 4.74 Å². The van der Waals surface area contributed by atoms with Crippen molar-refractivity contribution in [3.8, 4) is 5.75 Å². The van der Waals surface area contributed by atoms with Gasteiger partial charge in [-0.15, -0.1) is 0 Å². The molecule has 2 aromatic rings. The van der Waals surface area contributed by atoms with Crippen molar-refractivity contribution in [1.82, 2.24) is 4.90 Å². The van der Waals surface area contributed by atoms with E-state index < -0.39 is 23.7 Å². The average molecular weight is 409 g/mol. The number of methoxy groups -OCH3 is 2. The number of amides is 1. The first-order valence-corrected chi connectivity index (χ1v) is 9.49. The lowest BCUT2D eigenvalue weighted by molar-refractivity contribution is -0.130. The fraction of sp³-hybridized carbons (Fsp3) is 0.261. The highest BCUT2D eigenvalue weighted by Gasteiger charge is 2.42. The third-order valence-electron chi connectivity index (χ3n) is 5.08. The topological polar surface area (TPSA) is 93.1 Å². The van der Waals surface area contributed by atoms with Crippen LogP contribution in [0.15, 0.2) is 59.9 Å². The predicted octanol–water partition coefficient (Wildman–Crippen LogP) is 3.36. The van der Waals surface area contributed by atoms with Gasteiger partial charge in [0.05, 0.1) is 31.4 Å². The Morgan fingerprint density at radius 1 is 1.03 bits per heavy atom. The molecule has 0 aliphatic carbocycles. The summed E-state index contributed by atoms with van der Waals surface area (Å²) in [5.41, 5.74) is 1.92. The fourth-order valence-electron chi connectivity index (χ4n) is 3.49. The molecule has 0 aromatic heterocycles. The number of carbonyl (C=O) groups is 3. The SMILES string of the molecule is CCC(=O)C1=C(O)C(=O)N(Cc2ccc(C(=O)OC)cc2)C1c1ccc(OC)cc1. The smallest absolute Gasteiger partial charge is 0.337 e. The molecule has 1 atom stereocenters. The summed E-state index contributed by atoms with van der Waals surface area (Å²) in [6, 6.07) is 12.9. The van der Waals surface area contributed by atoms with Crippen molar-refractivity contribution in [3.63, 3.8) is 0 Å². The first-order valence-electron chi connectivity index (χ1n) is 9.49. The van der Waals surface area contributed by atoms with Crippen LogP contribution in [0.1, 0.15) is 40.9 Å². The summed E-state index contributed by atoms with van der Waals surface area (Å²) in [6.45, 7) is 1.84. The molecular weight excluding hydrogens is 386 g/mol. The van der Waals surface area contributed by atoms with Crippen LogP contribution in [0.25, 0.3) is 0 Å². The minimum Gasteiger partial charge on any atom is -0.503 e. The number of rotatable bonds is 7. The Balaban J connectivity index is 1.97. The minimum absolute atomic E-state index is 0.0962. The summed E-state index contributed by atoms with van der Waals surface area (Å²) < 4.78 is 9.88. The summed E-state index contributed by atoms with van der Waals surface area (Å²) in [5, 5.41) is 10.5. The van der Waals surface area contributed by atoms with Crippen LogP contribution in [0, 0.1) is 0 Å². The van der Waals surface area contributed by atoms with Gasteiger partial charge < -0.3 is 19.5 Å². The molecule has 3 rings (SSSR count). The van der Waals surface area contributed by atoms with Crippen molar-refractivity contribution < 1.29 is 29.0 Å². The molecule has 30 heavy (non-hydrogen) atoms. The number of ketones is 1. The molecule has 1 aliphatic rings. The van der Waals surface area contributed by atoms with Crippen molar-refractivity contribution in [1.29, 1.82) is 0 Å². The van der Waals surface area contributed by atoms with E-state index in [1.807, 2.05) is 0 Å². The number of Topliss-reactive ketones (excluding diaryl/α,β-unsaturated/α-hetero) is 1. The maximum atomic E-state index is 12.8. The number of ether oxygens (including phenoxy) is 2. The van der Waals surface area contributed by atoms with Crippen LogP contribution >= 0.6 is 0 Å². The van der Waals surface area contributed by atoms with E-state index in [0.717, 1.165) is 5.56 Å². The summed E-state index contributed by atoms with van der Waals surface area (Å²) in [5.74, 6) is -1.22. The molecule has 1 amide bonds. The number of esters is 1. The molecule has 0 bridgehead atoms. The average Bonchev–Trinajstić information content (AvgIpc) is 3.03. The predicted molar refractivity (Wildman–Crippen MR) is 109 cm³/mol. The van der Waals surface area contributed by atoms with Gasteiger partial charge in [-0.2, -0.15) is 0 Å². The Morgan fingerprint density at radius 2 is 1.67 bits per heavy atom. The molecule has 0 radical (unpaired) electrons. The van der Waals surface area contributed by atoms with E-state index >= 15 is 0 Å². The zero-order valence-corrected chi connectivity index (χ0v) is 17.0. The van der Waals surface area contributed by atoms with Crippen LogP contribution in [0.5, 0.6) is 5.75 Å². The highest BCUT2D eigenvalue weighted by atomic mass is 16.5. The van der Waals surface area contributed by atoms with Crippen LogP contribution in [-0.2, 0) is 20.9 Å². The first-order chi connectivity index (χ1) is 14.4. The second-order valence-electron chi connectivity index (χ2n) is 6.84. The molecule has 1 aliphatic heterocycles. The van der Waals surface area contributed by atoms with Gasteiger partial charge in [0.15, 0.2) is 11.5 Å². The monoisotopic (exact) mass is 409 g/mol. The van der Waals surface area contributed by atoms with Gasteiger partial charge in [0.25, 0.3) is 5.91 Å². The van der Waals surface area contributed by atoms with Gasteiger partial charge in [-0.05, 0) is 35.4 Å². The molecule has 1 heterocycles. The molecule has 2 aromatic carbocycles. The lowest BCUT2D eigenvalue weighted by atomic mass is 9.95. The van der Waals surface area contributed by atoms with E-state index in [1.54, 1.807) is 62.6 Å². The quantitative estimate of drug-likeness (QED) is 0.705. The number of hydrogen-bond acceptors (Lipinski definition) is 6. The maximum Gasteiger partial charge on any atom is 0.337 e. The Labute approximate surface area is 174 Å². The third-order valence-corrected chi connectivity index (χ3v) is 5.08. The molecule has 1 unspecified atom stereocenters. The zero-order valence-electron chi connectivity index (χ0n) is 17.0. The number of aliphatic hydroxyl groups excluding tert-OH is 1.